The number of benzene rings is 1. The van der Waals surface area contributed by atoms with Gasteiger partial charge in [0.05, 0.1) is 4.92 Å². The van der Waals surface area contributed by atoms with Crippen LogP contribution in [0.15, 0.2) is 24.3 Å². The molecule has 110 valence electrons. The quantitative estimate of drug-likeness (QED) is 0.678. The topological polar surface area (TPSA) is 72.4 Å². The van der Waals surface area contributed by atoms with Gasteiger partial charge in [-0.3, -0.25) is 15.0 Å². The molecule has 1 aromatic carbocycles. The number of non-ortho nitro benzene ring substituents is 1. The van der Waals surface area contributed by atoms with Gasteiger partial charge in [-0.2, -0.15) is 0 Å². The van der Waals surface area contributed by atoms with Crippen LogP contribution >= 0.6 is 0 Å². The van der Waals surface area contributed by atoms with Gasteiger partial charge >= 0.3 is 0 Å². The standard InChI is InChI=1S/C15H23N3O2/c1-11(16)13-6-8-17(9-7-13)12(2)14-4-3-5-15(10-14)18(19)20/h3-5,10-13H,6-9,16H2,1-2H3. The van der Waals surface area contributed by atoms with Crippen LogP contribution in [-0.4, -0.2) is 29.0 Å². The molecular weight excluding hydrogens is 254 g/mol. The van der Waals surface area contributed by atoms with E-state index < -0.39 is 0 Å². The molecule has 1 saturated heterocycles. The summed E-state index contributed by atoms with van der Waals surface area (Å²) in [5, 5.41) is 10.8. The minimum atomic E-state index is -0.335. The number of nitro groups is 1. The zero-order valence-electron chi connectivity index (χ0n) is 12.2. The molecule has 1 aliphatic heterocycles. The summed E-state index contributed by atoms with van der Waals surface area (Å²) in [6.07, 6.45) is 2.22. The van der Waals surface area contributed by atoms with Crippen LogP contribution in [0.25, 0.3) is 0 Å². The van der Waals surface area contributed by atoms with Gasteiger partial charge in [0.1, 0.15) is 0 Å². The maximum atomic E-state index is 10.8. The molecule has 2 atom stereocenters. The largest absolute Gasteiger partial charge is 0.328 e. The molecule has 0 aromatic heterocycles. The maximum Gasteiger partial charge on any atom is 0.269 e. The molecular formula is C15H23N3O2. The van der Waals surface area contributed by atoms with Crippen molar-refractivity contribution in [1.29, 1.82) is 0 Å². The summed E-state index contributed by atoms with van der Waals surface area (Å²) < 4.78 is 0. The molecule has 2 rings (SSSR count). The zero-order valence-corrected chi connectivity index (χ0v) is 12.2. The number of hydrogen-bond donors (Lipinski definition) is 1. The smallest absolute Gasteiger partial charge is 0.269 e. The molecule has 5 nitrogen and oxygen atoms in total. The summed E-state index contributed by atoms with van der Waals surface area (Å²) in [4.78, 5) is 12.9. The van der Waals surface area contributed by atoms with Crippen molar-refractivity contribution < 1.29 is 4.92 Å². The molecule has 0 amide bonds. The number of nitrogens with two attached hydrogens (primary N) is 1. The number of hydrogen-bond acceptors (Lipinski definition) is 4. The third kappa shape index (κ3) is 3.35. The van der Waals surface area contributed by atoms with E-state index in [0.29, 0.717) is 5.92 Å². The second kappa shape index (κ2) is 6.33. The number of likely N-dealkylation sites (tertiary alicyclic amines) is 1. The van der Waals surface area contributed by atoms with E-state index in [1.807, 2.05) is 6.07 Å². The van der Waals surface area contributed by atoms with Crippen molar-refractivity contribution in [3.05, 3.63) is 39.9 Å². The van der Waals surface area contributed by atoms with Gasteiger partial charge in [0, 0.05) is 24.2 Å². The molecule has 0 bridgehead atoms. The van der Waals surface area contributed by atoms with Crippen molar-refractivity contribution in [1.82, 2.24) is 4.90 Å². The Morgan fingerprint density at radius 3 is 2.55 bits per heavy atom. The van der Waals surface area contributed by atoms with Gasteiger partial charge < -0.3 is 5.73 Å². The number of piperidine rings is 1. The van der Waals surface area contributed by atoms with Crippen LogP contribution in [0.2, 0.25) is 0 Å². The first kappa shape index (κ1) is 14.9. The summed E-state index contributed by atoms with van der Waals surface area (Å²) in [7, 11) is 0. The van der Waals surface area contributed by atoms with Gasteiger partial charge in [-0.05, 0) is 51.3 Å². The van der Waals surface area contributed by atoms with Crippen LogP contribution in [0.5, 0.6) is 0 Å². The predicted molar refractivity (Wildman–Crippen MR) is 79.5 cm³/mol. The van der Waals surface area contributed by atoms with Gasteiger partial charge in [0.15, 0.2) is 0 Å². The third-order valence-corrected chi connectivity index (χ3v) is 4.43. The summed E-state index contributed by atoms with van der Waals surface area (Å²) >= 11 is 0. The van der Waals surface area contributed by atoms with Crippen LogP contribution in [0.4, 0.5) is 5.69 Å². The van der Waals surface area contributed by atoms with Crippen molar-refractivity contribution in [3.63, 3.8) is 0 Å². The monoisotopic (exact) mass is 277 g/mol. The van der Waals surface area contributed by atoms with Crippen molar-refractivity contribution in [2.75, 3.05) is 13.1 Å². The predicted octanol–water partition coefficient (Wildman–Crippen LogP) is 2.72. The van der Waals surface area contributed by atoms with E-state index in [1.54, 1.807) is 18.2 Å². The Kier molecular flexibility index (Phi) is 4.73. The molecule has 0 aliphatic carbocycles. The van der Waals surface area contributed by atoms with Crippen LogP contribution in [0, 0.1) is 16.0 Å². The lowest BCUT2D eigenvalue weighted by Gasteiger charge is -2.37. The summed E-state index contributed by atoms with van der Waals surface area (Å²) in [5.74, 6) is 0.601. The zero-order chi connectivity index (χ0) is 14.7. The van der Waals surface area contributed by atoms with Gasteiger partial charge in [0.2, 0.25) is 0 Å². The Labute approximate surface area is 119 Å². The summed E-state index contributed by atoms with van der Waals surface area (Å²) in [5.41, 5.74) is 7.14. The van der Waals surface area contributed by atoms with Gasteiger partial charge in [0.25, 0.3) is 5.69 Å². The van der Waals surface area contributed by atoms with Crippen LogP contribution in [0.3, 0.4) is 0 Å². The summed E-state index contributed by atoms with van der Waals surface area (Å²) in [6, 6.07) is 7.42. The van der Waals surface area contributed by atoms with E-state index in [0.717, 1.165) is 31.5 Å². The fraction of sp³-hybridized carbons (Fsp3) is 0.600. The van der Waals surface area contributed by atoms with Crippen LogP contribution in [0.1, 0.15) is 38.3 Å². The molecule has 2 N–H and O–H groups in total. The van der Waals surface area contributed by atoms with E-state index in [-0.39, 0.29) is 22.7 Å². The maximum absolute atomic E-state index is 10.8. The average molecular weight is 277 g/mol. The minimum Gasteiger partial charge on any atom is -0.328 e. The highest BCUT2D eigenvalue weighted by Gasteiger charge is 2.25. The van der Waals surface area contributed by atoms with Gasteiger partial charge in [-0.25, -0.2) is 0 Å². The first-order valence-electron chi connectivity index (χ1n) is 7.23. The van der Waals surface area contributed by atoms with Gasteiger partial charge in [-0.15, -0.1) is 0 Å². The first-order valence-corrected chi connectivity index (χ1v) is 7.23. The van der Waals surface area contributed by atoms with Crippen molar-refractivity contribution >= 4 is 5.69 Å². The Balaban J connectivity index is 2.03. The molecule has 1 heterocycles. The second-order valence-electron chi connectivity index (χ2n) is 5.76. The number of rotatable bonds is 4. The van der Waals surface area contributed by atoms with Crippen LogP contribution < -0.4 is 5.73 Å². The molecule has 1 fully saturated rings. The van der Waals surface area contributed by atoms with Gasteiger partial charge in [-0.1, -0.05) is 12.1 Å². The van der Waals surface area contributed by atoms with Crippen molar-refractivity contribution in [2.45, 2.75) is 38.8 Å². The molecule has 5 heteroatoms. The minimum absolute atomic E-state index is 0.166. The first-order chi connectivity index (χ1) is 9.49. The molecule has 0 spiro atoms. The lowest BCUT2D eigenvalue weighted by molar-refractivity contribution is -0.385. The highest BCUT2D eigenvalue weighted by atomic mass is 16.6. The fourth-order valence-corrected chi connectivity index (χ4v) is 2.94. The number of nitrogens with zero attached hydrogens (tertiary/aromatic N) is 2. The average Bonchev–Trinajstić information content (AvgIpc) is 2.46. The Morgan fingerprint density at radius 1 is 1.35 bits per heavy atom. The van der Waals surface area contributed by atoms with E-state index in [1.165, 1.54) is 0 Å². The SMILES string of the molecule is CC(N)C1CCN(C(C)c2cccc([N+](=O)[O-])c2)CC1. The lowest BCUT2D eigenvalue weighted by Crippen LogP contribution is -2.40. The van der Waals surface area contributed by atoms with E-state index in [2.05, 4.69) is 18.7 Å². The molecule has 2 unspecified atom stereocenters. The molecule has 0 saturated carbocycles. The van der Waals surface area contributed by atoms with Crippen molar-refractivity contribution in [3.8, 4) is 0 Å². The van der Waals surface area contributed by atoms with Crippen LogP contribution in [-0.2, 0) is 0 Å². The van der Waals surface area contributed by atoms with Crippen molar-refractivity contribution in [2.24, 2.45) is 11.7 Å². The molecule has 1 aliphatic rings. The lowest BCUT2D eigenvalue weighted by atomic mass is 9.89. The second-order valence-corrected chi connectivity index (χ2v) is 5.76. The third-order valence-electron chi connectivity index (χ3n) is 4.43. The molecule has 1 aromatic rings. The highest BCUT2D eigenvalue weighted by molar-refractivity contribution is 5.35. The van der Waals surface area contributed by atoms with E-state index in [4.69, 9.17) is 5.73 Å². The Morgan fingerprint density at radius 2 is 2.00 bits per heavy atom. The van der Waals surface area contributed by atoms with E-state index >= 15 is 0 Å². The summed E-state index contributed by atoms with van der Waals surface area (Å²) in [6.45, 7) is 6.21. The fourth-order valence-electron chi connectivity index (χ4n) is 2.94. The van der Waals surface area contributed by atoms with E-state index in [9.17, 15) is 10.1 Å². The Hall–Kier alpha value is -1.46. The molecule has 0 radical (unpaired) electrons. The molecule has 20 heavy (non-hydrogen) atoms. The Bertz CT molecular complexity index is 468. The highest BCUT2D eigenvalue weighted by Crippen LogP contribution is 2.29. The normalized spacial score (nSPS) is 20.6. The number of nitro benzene ring substituents is 1.